The highest BCUT2D eigenvalue weighted by Crippen LogP contribution is 2.37. The lowest BCUT2D eigenvalue weighted by molar-refractivity contribution is -0.664. The van der Waals surface area contributed by atoms with Crippen molar-refractivity contribution in [2.24, 2.45) is 14.1 Å². The van der Waals surface area contributed by atoms with Gasteiger partial charge in [-0.1, -0.05) is 38.1 Å². The zero-order chi connectivity index (χ0) is 23.9. The van der Waals surface area contributed by atoms with Gasteiger partial charge in [-0.15, -0.1) is 0 Å². The second kappa shape index (κ2) is 6.21. The first-order chi connectivity index (χ1) is 15.4. The Labute approximate surface area is 177 Å². The highest BCUT2D eigenvalue weighted by Gasteiger charge is 2.27. The van der Waals surface area contributed by atoms with Gasteiger partial charge in [0.05, 0.1) is 24.0 Å². The van der Waals surface area contributed by atoms with Crippen LogP contribution in [-0.2, 0) is 14.1 Å². The van der Waals surface area contributed by atoms with E-state index >= 15 is 0 Å². The van der Waals surface area contributed by atoms with E-state index in [1.165, 1.54) is 0 Å². The molecule has 0 amide bonds. The predicted octanol–water partition coefficient (Wildman–Crippen LogP) is 5.84. The monoisotopic (exact) mass is 386 g/mol. The van der Waals surface area contributed by atoms with E-state index in [0.29, 0.717) is 5.56 Å². The van der Waals surface area contributed by atoms with Crippen molar-refractivity contribution in [2.45, 2.75) is 33.5 Å². The van der Waals surface area contributed by atoms with E-state index in [-0.39, 0.29) is 0 Å². The number of hydrogen-bond donors (Lipinski definition) is 0. The summed E-state index contributed by atoms with van der Waals surface area (Å²) >= 11 is 0. The van der Waals surface area contributed by atoms with Crippen LogP contribution >= 0.6 is 0 Å². The Morgan fingerprint density at radius 1 is 1.07 bits per heavy atom. The number of para-hydroxylation sites is 1. The summed E-state index contributed by atoms with van der Waals surface area (Å²) in [5, 5.41) is 3.81. The molecule has 0 aliphatic carbocycles. The molecule has 0 N–H and O–H groups in total. The normalized spacial score (nSPS) is 14.9. The van der Waals surface area contributed by atoms with Crippen molar-refractivity contribution in [3.05, 3.63) is 71.5 Å². The van der Waals surface area contributed by atoms with Crippen molar-refractivity contribution in [1.29, 1.82) is 0 Å². The molecule has 0 atom stereocenters. The minimum Gasteiger partial charge on any atom is -0.315 e. The first-order valence-electron chi connectivity index (χ1n) is 11.9. The van der Waals surface area contributed by atoms with Crippen LogP contribution < -0.4 is 4.57 Å². The van der Waals surface area contributed by atoms with Crippen molar-refractivity contribution < 1.29 is 10.1 Å². The maximum Gasteiger partial charge on any atom is 0.295 e. The Bertz CT molecular complexity index is 1560. The van der Waals surface area contributed by atoms with Crippen LogP contribution in [0, 0.1) is 13.8 Å². The van der Waals surface area contributed by atoms with E-state index in [2.05, 4.69) is 27.3 Å². The molecule has 0 saturated carbocycles. The molecule has 3 heteroatoms. The lowest BCUT2D eigenvalue weighted by atomic mass is 10.00. The second-order valence-corrected chi connectivity index (χ2v) is 8.12. The average molecular weight is 387 g/mol. The van der Waals surface area contributed by atoms with Gasteiger partial charge < -0.3 is 4.57 Å². The summed E-state index contributed by atoms with van der Waals surface area (Å²) < 4.78 is 39.4. The summed E-state index contributed by atoms with van der Waals surface area (Å²) in [6.07, 6.45) is 2.03. The molecule has 0 saturated heterocycles. The lowest BCUT2D eigenvalue weighted by Gasteiger charge is -2.11. The minimum absolute atomic E-state index is 0.413. The number of rotatable bonds is 2. The molecule has 0 aliphatic rings. The highest BCUT2D eigenvalue weighted by molar-refractivity contribution is 6.11. The SMILES string of the molecule is [2H]C([2H])([2H])c1c(C)n(C)c2c1c1ccccc1n2-c1c2ccc(C([2H])(C)C)cc2cc[n+]1C. The number of aryl methyl sites for hydroxylation is 3. The van der Waals surface area contributed by atoms with Gasteiger partial charge in [-0.2, -0.15) is 4.57 Å². The molecule has 146 valence electrons. The Morgan fingerprint density at radius 2 is 1.86 bits per heavy atom. The largest absolute Gasteiger partial charge is 0.315 e. The van der Waals surface area contributed by atoms with Gasteiger partial charge in [-0.25, -0.2) is 4.57 Å². The molecule has 5 rings (SSSR count). The molecule has 0 bridgehead atoms. The zero-order valence-corrected chi connectivity index (χ0v) is 17.5. The number of hydrogen-bond acceptors (Lipinski definition) is 0. The lowest BCUT2D eigenvalue weighted by Crippen LogP contribution is -2.33. The summed E-state index contributed by atoms with van der Waals surface area (Å²) in [4.78, 5) is 0. The molecular formula is C26H28N3+. The number of pyridine rings is 1. The summed E-state index contributed by atoms with van der Waals surface area (Å²) in [5.41, 5.74) is 3.96. The molecule has 3 heterocycles. The fourth-order valence-electron chi connectivity index (χ4n) is 4.46. The second-order valence-electron chi connectivity index (χ2n) is 8.12. The van der Waals surface area contributed by atoms with Crippen LogP contribution in [0.2, 0.25) is 0 Å². The Kier molecular flexibility index (Phi) is 3.00. The zero-order valence-electron chi connectivity index (χ0n) is 21.5. The summed E-state index contributed by atoms with van der Waals surface area (Å²) in [6.45, 7) is 3.45. The van der Waals surface area contributed by atoms with Gasteiger partial charge in [0, 0.05) is 23.6 Å². The van der Waals surface area contributed by atoms with Crippen LogP contribution in [0.1, 0.15) is 42.0 Å². The third kappa shape index (κ3) is 2.40. The third-order valence-electron chi connectivity index (χ3n) is 6.18. The predicted molar refractivity (Wildman–Crippen MR) is 122 cm³/mol. The van der Waals surface area contributed by atoms with Crippen LogP contribution in [0.4, 0.5) is 0 Å². The molecule has 0 spiro atoms. The van der Waals surface area contributed by atoms with E-state index in [9.17, 15) is 0 Å². The van der Waals surface area contributed by atoms with Crippen molar-refractivity contribution in [2.75, 3.05) is 0 Å². The summed E-state index contributed by atoms with van der Waals surface area (Å²) in [6, 6.07) is 16.3. The van der Waals surface area contributed by atoms with Crippen LogP contribution in [0.15, 0.2) is 54.7 Å². The van der Waals surface area contributed by atoms with E-state index < -0.39 is 12.7 Å². The number of nitrogens with zero attached hydrogens (tertiary/aromatic N) is 3. The van der Waals surface area contributed by atoms with E-state index in [4.69, 9.17) is 5.48 Å². The first kappa shape index (κ1) is 14.0. The standard InChI is InChI=1S/C26H28N3/c1-16(2)19-11-12-21-20(15-19)13-14-27(5)25(21)29-23-10-8-7-9-22(23)24-17(3)18(4)28(6)26(24)29/h7-16H,1-6H3/q+1/i3D3,16D. The van der Waals surface area contributed by atoms with Gasteiger partial charge in [0.1, 0.15) is 5.52 Å². The molecule has 0 fully saturated rings. The van der Waals surface area contributed by atoms with Crippen molar-refractivity contribution in [3.8, 4) is 5.82 Å². The first-order valence-corrected chi connectivity index (χ1v) is 9.93. The number of aromatic nitrogens is 3. The topological polar surface area (TPSA) is 13.7 Å². The van der Waals surface area contributed by atoms with Crippen LogP contribution in [0.3, 0.4) is 0 Å². The molecule has 29 heavy (non-hydrogen) atoms. The van der Waals surface area contributed by atoms with Gasteiger partial charge in [-0.3, -0.25) is 0 Å². The maximum atomic E-state index is 8.44. The van der Waals surface area contributed by atoms with Gasteiger partial charge in [0.15, 0.2) is 0 Å². The number of fused-ring (bicyclic) bond motifs is 4. The van der Waals surface area contributed by atoms with Gasteiger partial charge >= 0.3 is 0 Å². The van der Waals surface area contributed by atoms with Gasteiger partial charge in [0.2, 0.25) is 5.65 Å². The quantitative estimate of drug-likeness (QED) is 0.338. The average Bonchev–Trinajstić information content (AvgIpc) is 3.19. The van der Waals surface area contributed by atoms with E-state index in [1.807, 2.05) is 76.0 Å². The van der Waals surface area contributed by atoms with E-state index in [1.54, 1.807) is 0 Å². The van der Waals surface area contributed by atoms with E-state index in [0.717, 1.165) is 49.8 Å². The molecule has 3 nitrogen and oxygen atoms in total. The Morgan fingerprint density at radius 3 is 2.62 bits per heavy atom. The smallest absolute Gasteiger partial charge is 0.295 e. The number of benzene rings is 2. The van der Waals surface area contributed by atoms with Crippen molar-refractivity contribution >= 4 is 32.7 Å². The van der Waals surface area contributed by atoms with Crippen LogP contribution in [0.5, 0.6) is 0 Å². The summed E-state index contributed by atoms with van der Waals surface area (Å²) in [7, 11) is 3.95. The molecule has 2 aromatic carbocycles. The molecule has 3 aromatic heterocycles. The molecule has 5 aromatic rings. The molecule has 0 unspecified atom stereocenters. The molecular weight excluding hydrogens is 354 g/mol. The maximum absolute atomic E-state index is 8.44. The van der Waals surface area contributed by atoms with Crippen LogP contribution in [0.25, 0.3) is 38.5 Å². The van der Waals surface area contributed by atoms with Gasteiger partial charge in [-0.05, 0) is 60.4 Å². The minimum atomic E-state index is -2.21. The molecule has 0 radical (unpaired) electrons. The Balaban J connectivity index is 1.99. The van der Waals surface area contributed by atoms with Crippen molar-refractivity contribution in [1.82, 2.24) is 9.13 Å². The third-order valence-corrected chi connectivity index (χ3v) is 6.18. The molecule has 0 aliphatic heterocycles. The fourth-order valence-corrected chi connectivity index (χ4v) is 4.46. The van der Waals surface area contributed by atoms with Crippen LogP contribution in [-0.4, -0.2) is 9.13 Å². The Hall–Kier alpha value is -3.07. The highest BCUT2D eigenvalue weighted by atomic mass is 15.2. The van der Waals surface area contributed by atoms with Gasteiger partial charge in [0.25, 0.3) is 5.82 Å². The van der Waals surface area contributed by atoms with Crippen molar-refractivity contribution in [3.63, 3.8) is 0 Å². The fraction of sp³-hybridized carbons (Fsp3) is 0.269. The summed E-state index contributed by atoms with van der Waals surface area (Å²) in [5.74, 6) is 0.273.